The van der Waals surface area contributed by atoms with Gasteiger partial charge in [0.15, 0.2) is 0 Å². The molecule has 0 aliphatic carbocycles. The first kappa shape index (κ1) is 25.5. The molecule has 7 aromatic rings. The van der Waals surface area contributed by atoms with Crippen LogP contribution in [0.5, 0.6) is 11.5 Å². The van der Waals surface area contributed by atoms with E-state index in [-0.39, 0.29) is 0 Å². The van der Waals surface area contributed by atoms with Gasteiger partial charge in [-0.15, -0.1) is 0 Å². The molecule has 1 N–H and O–H groups in total. The summed E-state index contributed by atoms with van der Waals surface area (Å²) in [6, 6.07) is 50.5. The smallest absolute Gasteiger partial charge is 0.135 e. The first-order valence-electron chi connectivity index (χ1n) is 15.2. The summed E-state index contributed by atoms with van der Waals surface area (Å²) in [5.41, 5.74) is 12.7. The number of ether oxygens (including phenoxy) is 1. The van der Waals surface area contributed by atoms with E-state index >= 15 is 0 Å². The van der Waals surface area contributed by atoms with Crippen molar-refractivity contribution in [3.05, 3.63) is 151 Å². The monoisotopic (exact) mass is 577 g/mol. The van der Waals surface area contributed by atoms with Crippen molar-refractivity contribution in [3.63, 3.8) is 0 Å². The van der Waals surface area contributed by atoms with Gasteiger partial charge in [0.1, 0.15) is 11.5 Å². The Morgan fingerprint density at radius 2 is 1.22 bits per heavy atom. The highest BCUT2D eigenvalue weighted by atomic mass is 16.5. The Kier molecular flexibility index (Phi) is 5.85. The van der Waals surface area contributed by atoms with Gasteiger partial charge in [0.05, 0.1) is 35.0 Å². The van der Waals surface area contributed by atoms with Crippen molar-refractivity contribution in [2.75, 3.05) is 11.9 Å². The standard InChI is InChI=1S/C41H27N3O/c1-3-10-26(11-4-1)35-23-29(24-36(44-35)27-12-5-2-6-13-27)28-18-20-34-37(22-28)42-25-38(43-34)30-19-21-40-41-32(30)15-9-16-33(41)31-14-7-8-17-39(31)45-40/h1-24,42H,25H2. The van der Waals surface area contributed by atoms with E-state index in [0.717, 1.165) is 84.1 Å². The summed E-state index contributed by atoms with van der Waals surface area (Å²) in [5, 5.41) is 5.96. The van der Waals surface area contributed by atoms with Crippen LogP contribution in [-0.2, 0) is 0 Å². The van der Waals surface area contributed by atoms with Gasteiger partial charge in [-0.2, -0.15) is 0 Å². The average Bonchev–Trinajstić information content (AvgIpc) is 3.12. The van der Waals surface area contributed by atoms with Crippen molar-refractivity contribution in [1.82, 2.24) is 4.98 Å². The zero-order valence-corrected chi connectivity index (χ0v) is 24.4. The molecule has 4 heteroatoms. The molecule has 0 saturated carbocycles. The number of para-hydroxylation sites is 1. The summed E-state index contributed by atoms with van der Waals surface area (Å²) in [5.74, 6) is 1.78. The van der Waals surface area contributed by atoms with Crippen LogP contribution in [0.15, 0.2) is 151 Å². The van der Waals surface area contributed by atoms with Crippen LogP contribution < -0.4 is 10.1 Å². The third-order valence-corrected chi connectivity index (χ3v) is 8.71. The topological polar surface area (TPSA) is 46.5 Å². The van der Waals surface area contributed by atoms with E-state index < -0.39 is 0 Å². The molecular formula is C41H27N3O. The molecule has 212 valence electrons. The maximum absolute atomic E-state index is 6.32. The Morgan fingerprint density at radius 1 is 0.511 bits per heavy atom. The molecule has 2 aliphatic heterocycles. The van der Waals surface area contributed by atoms with Crippen LogP contribution in [0.3, 0.4) is 0 Å². The first-order chi connectivity index (χ1) is 22.3. The number of benzene rings is 6. The largest absolute Gasteiger partial charge is 0.456 e. The summed E-state index contributed by atoms with van der Waals surface area (Å²) >= 11 is 0. The number of hydrogen-bond acceptors (Lipinski definition) is 4. The van der Waals surface area contributed by atoms with Gasteiger partial charge < -0.3 is 10.1 Å². The van der Waals surface area contributed by atoms with Crippen molar-refractivity contribution in [3.8, 4) is 56.3 Å². The second-order valence-electron chi connectivity index (χ2n) is 11.4. The lowest BCUT2D eigenvalue weighted by Crippen LogP contribution is -2.19. The number of fused-ring (bicyclic) bond motifs is 3. The third-order valence-electron chi connectivity index (χ3n) is 8.71. The van der Waals surface area contributed by atoms with Crippen molar-refractivity contribution >= 4 is 27.9 Å². The number of aromatic nitrogens is 1. The predicted octanol–water partition coefficient (Wildman–Crippen LogP) is 10.6. The van der Waals surface area contributed by atoms with Crippen LogP contribution in [0.25, 0.3) is 55.5 Å². The summed E-state index contributed by atoms with van der Waals surface area (Å²) < 4.78 is 6.32. The SMILES string of the molecule is c1ccc(-c2cc(-c3ccc4c(c3)NCC(c3ccc5c6c(cccc36)-c3ccccc3O5)=N4)cc(-c3ccccc3)n2)cc1. The molecule has 6 aromatic carbocycles. The van der Waals surface area contributed by atoms with Crippen LogP contribution in [0.1, 0.15) is 5.56 Å². The van der Waals surface area contributed by atoms with Crippen molar-refractivity contribution in [2.24, 2.45) is 4.99 Å². The highest BCUT2D eigenvalue weighted by Crippen LogP contribution is 2.47. The molecular weight excluding hydrogens is 550 g/mol. The Morgan fingerprint density at radius 3 is 2.00 bits per heavy atom. The Bertz CT molecular complexity index is 2230. The van der Waals surface area contributed by atoms with E-state index in [1.807, 2.05) is 24.3 Å². The fourth-order valence-corrected chi connectivity index (χ4v) is 6.52. The van der Waals surface area contributed by atoms with E-state index in [1.54, 1.807) is 0 Å². The van der Waals surface area contributed by atoms with E-state index in [4.69, 9.17) is 14.7 Å². The number of aliphatic imine (C=N–C) groups is 1. The van der Waals surface area contributed by atoms with Gasteiger partial charge in [-0.25, -0.2) is 9.98 Å². The summed E-state index contributed by atoms with van der Waals surface area (Å²) in [6.07, 6.45) is 0. The second-order valence-corrected chi connectivity index (χ2v) is 11.4. The first-order valence-corrected chi connectivity index (χ1v) is 15.2. The van der Waals surface area contributed by atoms with Gasteiger partial charge in [-0.05, 0) is 64.5 Å². The van der Waals surface area contributed by atoms with E-state index in [1.165, 1.54) is 5.56 Å². The van der Waals surface area contributed by atoms with Crippen LogP contribution in [0.2, 0.25) is 0 Å². The Hall–Kier alpha value is -6.00. The minimum Gasteiger partial charge on any atom is -0.456 e. The van der Waals surface area contributed by atoms with Gasteiger partial charge in [0, 0.05) is 27.6 Å². The van der Waals surface area contributed by atoms with Crippen LogP contribution in [0.4, 0.5) is 11.4 Å². The van der Waals surface area contributed by atoms with Crippen LogP contribution in [-0.4, -0.2) is 17.2 Å². The molecule has 0 bridgehead atoms. The lowest BCUT2D eigenvalue weighted by molar-refractivity contribution is 0.487. The highest BCUT2D eigenvalue weighted by Gasteiger charge is 2.23. The molecule has 0 fully saturated rings. The zero-order chi connectivity index (χ0) is 29.7. The molecule has 9 rings (SSSR count). The molecule has 0 atom stereocenters. The third kappa shape index (κ3) is 4.38. The molecule has 0 saturated heterocycles. The average molecular weight is 578 g/mol. The Balaban J connectivity index is 1.12. The van der Waals surface area contributed by atoms with Gasteiger partial charge >= 0.3 is 0 Å². The van der Waals surface area contributed by atoms with Crippen molar-refractivity contribution in [1.29, 1.82) is 0 Å². The normalized spacial score (nSPS) is 12.8. The molecule has 0 unspecified atom stereocenters. The lowest BCUT2D eigenvalue weighted by atomic mass is 9.91. The molecule has 0 spiro atoms. The van der Waals surface area contributed by atoms with E-state index in [0.29, 0.717) is 6.54 Å². The molecule has 0 amide bonds. The van der Waals surface area contributed by atoms with Crippen molar-refractivity contribution < 1.29 is 4.74 Å². The fraction of sp³-hybridized carbons (Fsp3) is 0.0244. The number of hydrogen-bond donors (Lipinski definition) is 1. The second kappa shape index (κ2) is 10.3. The van der Waals surface area contributed by atoms with Gasteiger partial charge in [0.25, 0.3) is 0 Å². The van der Waals surface area contributed by atoms with Crippen LogP contribution >= 0.6 is 0 Å². The maximum Gasteiger partial charge on any atom is 0.135 e. The minimum atomic E-state index is 0.632. The fourth-order valence-electron chi connectivity index (χ4n) is 6.52. The van der Waals surface area contributed by atoms with Gasteiger partial charge in [0.2, 0.25) is 0 Å². The molecule has 4 nitrogen and oxygen atoms in total. The minimum absolute atomic E-state index is 0.632. The number of anilines is 1. The number of nitrogens with zero attached hydrogens (tertiary/aromatic N) is 2. The predicted molar refractivity (Wildman–Crippen MR) is 185 cm³/mol. The lowest BCUT2D eigenvalue weighted by Gasteiger charge is -2.24. The quantitative estimate of drug-likeness (QED) is 0.226. The summed E-state index contributed by atoms with van der Waals surface area (Å²) in [7, 11) is 0. The van der Waals surface area contributed by atoms with E-state index in [2.05, 4.69) is 127 Å². The van der Waals surface area contributed by atoms with Gasteiger partial charge in [-0.1, -0.05) is 103 Å². The number of pyridine rings is 1. The van der Waals surface area contributed by atoms with Crippen LogP contribution in [0, 0.1) is 0 Å². The summed E-state index contributed by atoms with van der Waals surface area (Å²) in [4.78, 5) is 10.2. The molecule has 1 aromatic heterocycles. The zero-order valence-electron chi connectivity index (χ0n) is 24.4. The highest BCUT2D eigenvalue weighted by molar-refractivity contribution is 6.18. The van der Waals surface area contributed by atoms with E-state index in [9.17, 15) is 0 Å². The molecule has 0 radical (unpaired) electrons. The number of rotatable bonds is 4. The van der Waals surface area contributed by atoms with Gasteiger partial charge in [-0.3, -0.25) is 0 Å². The maximum atomic E-state index is 6.32. The molecule has 3 heterocycles. The Labute approximate surface area is 261 Å². The van der Waals surface area contributed by atoms with Crippen molar-refractivity contribution in [2.45, 2.75) is 0 Å². The molecule has 2 aliphatic rings. The molecule has 45 heavy (non-hydrogen) atoms. The summed E-state index contributed by atoms with van der Waals surface area (Å²) in [6.45, 7) is 0.632. The number of nitrogens with one attached hydrogen (secondary N) is 1.